The van der Waals surface area contributed by atoms with Crippen LogP contribution in [0.25, 0.3) is 0 Å². The molecule has 0 unspecified atom stereocenters. The third kappa shape index (κ3) is 2.08. The molecule has 0 radical (unpaired) electrons. The van der Waals surface area contributed by atoms with Crippen molar-refractivity contribution in [2.75, 3.05) is 6.61 Å². The number of nitrogens with zero attached hydrogens (tertiary/aromatic N) is 1. The van der Waals surface area contributed by atoms with Gasteiger partial charge in [-0.15, -0.1) is 0 Å². The summed E-state index contributed by atoms with van der Waals surface area (Å²) in [5.41, 5.74) is 8.23. The van der Waals surface area contributed by atoms with Crippen molar-refractivity contribution in [1.29, 1.82) is 0 Å². The molecule has 3 aliphatic rings. The summed E-state index contributed by atoms with van der Waals surface area (Å²) in [7, 11) is 0. The van der Waals surface area contributed by atoms with Crippen molar-refractivity contribution in [3.8, 4) is 0 Å². The number of nitrogens with one attached hydrogen (secondary N) is 2. The van der Waals surface area contributed by atoms with Gasteiger partial charge in [0.1, 0.15) is 24.1 Å². The molecule has 9 nitrogen and oxygen atoms in total. The van der Waals surface area contributed by atoms with E-state index in [4.69, 9.17) is 19.9 Å². The van der Waals surface area contributed by atoms with E-state index < -0.39 is 36.4 Å². The number of urea groups is 1. The van der Waals surface area contributed by atoms with Gasteiger partial charge in [-0.25, -0.2) is 9.80 Å². The third-order valence-electron chi connectivity index (χ3n) is 3.39. The lowest BCUT2D eigenvalue weighted by molar-refractivity contribution is -0.207. The molecule has 3 heterocycles. The summed E-state index contributed by atoms with van der Waals surface area (Å²) in [6.45, 7) is 3.33. The SMILES string of the molecule is CC1(C)O[C@@H]2[C@H](O1)[C@@H](N1NC=C(N)NC1=O)O[C@H]2CO. The second kappa shape index (κ2) is 4.48. The van der Waals surface area contributed by atoms with Gasteiger partial charge < -0.3 is 25.1 Å². The molecule has 20 heavy (non-hydrogen) atoms. The van der Waals surface area contributed by atoms with E-state index in [0.717, 1.165) is 0 Å². The Morgan fingerprint density at radius 1 is 1.45 bits per heavy atom. The molecular formula is C11H18N4O5. The fraction of sp³-hybridized carbons (Fsp3) is 0.727. The smallest absolute Gasteiger partial charge is 0.344 e. The van der Waals surface area contributed by atoms with Gasteiger partial charge in [-0.1, -0.05) is 0 Å². The van der Waals surface area contributed by atoms with Gasteiger partial charge in [0.15, 0.2) is 12.0 Å². The number of amides is 2. The van der Waals surface area contributed by atoms with Crippen molar-refractivity contribution >= 4 is 6.03 Å². The number of aliphatic hydroxyl groups excluding tert-OH is 1. The first kappa shape index (κ1) is 13.4. The maximum Gasteiger partial charge on any atom is 0.344 e. The van der Waals surface area contributed by atoms with Crippen molar-refractivity contribution < 1.29 is 24.1 Å². The molecule has 0 bridgehead atoms. The summed E-state index contributed by atoms with van der Waals surface area (Å²) in [4.78, 5) is 11.9. The van der Waals surface area contributed by atoms with Crippen molar-refractivity contribution in [1.82, 2.24) is 15.8 Å². The Kier molecular flexibility index (Phi) is 3.01. The molecule has 0 aromatic carbocycles. The van der Waals surface area contributed by atoms with Crippen LogP contribution in [0.3, 0.4) is 0 Å². The number of hydrazine groups is 1. The minimum atomic E-state index is -0.786. The van der Waals surface area contributed by atoms with Gasteiger partial charge >= 0.3 is 6.03 Å². The number of nitrogens with two attached hydrogens (primary N) is 1. The number of hydrogen-bond acceptors (Lipinski definition) is 7. The lowest BCUT2D eigenvalue weighted by Crippen LogP contribution is -2.59. The maximum absolute atomic E-state index is 11.9. The van der Waals surface area contributed by atoms with E-state index in [0.29, 0.717) is 0 Å². The summed E-state index contributed by atoms with van der Waals surface area (Å²) < 4.78 is 17.1. The molecule has 9 heteroatoms. The second-order valence-corrected chi connectivity index (χ2v) is 5.34. The number of carbonyl (C=O) groups is 1. The fourth-order valence-corrected chi connectivity index (χ4v) is 2.62. The van der Waals surface area contributed by atoms with E-state index in [2.05, 4.69) is 10.7 Å². The maximum atomic E-state index is 11.9. The Hall–Kier alpha value is -1.55. The van der Waals surface area contributed by atoms with Crippen molar-refractivity contribution in [3.05, 3.63) is 12.0 Å². The number of hydrogen-bond donors (Lipinski definition) is 4. The Morgan fingerprint density at radius 3 is 2.80 bits per heavy atom. The molecule has 3 rings (SSSR count). The largest absolute Gasteiger partial charge is 0.394 e. The molecule has 4 atom stereocenters. The van der Waals surface area contributed by atoms with E-state index in [-0.39, 0.29) is 12.4 Å². The minimum absolute atomic E-state index is 0.212. The molecule has 112 valence electrons. The zero-order chi connectivity index (χ0) is 14.5. The van der Waals surface area contributed by atoms with Crippen LogP contribution in [0.5, 0.6) is 0 Å². The van der Waals surface area contributed by atoms with E-state index in [9.17, 15) is 9.90 Å². The minimum Gasteiger partial charge on any atom is -0.394 e. The number of ether oxygens (including phenoxy) is 3. The van der Waals surface area contributed by atoms with Crippen LogP contribution < -0.4 is 16.5 Å². The van der Waals surface area contributed by atoms with Gasteiger partial charge in [0.2, 0.25) is 0 Å². The molecule has 0 aromatic heterocycles. The molecule has 0 spiro atoms. The molecule has 2 amide bonds. The Morgan fingerprint density at radius 2 is 2.15 bits per heavy atom. The molecule has 2 fully saturated rings. The zero-order valence-corrected chi connectivity index (χ0v) is 11.2. The van der Waals surface area contributed by atoms with Crippen molar-refractivity contribution in [2.24, 2.45) is 5.73 Å². The van der Waals surface area contributed by atoms with Gasteiger partial charge in [-0.2, -0.15) is 0 Å². The van der Waals surface area contributed by atoms with Gasteiger partial charge in [-0.3, -0.25) is 10.7 Å². The van der Waals surface area contributed by atoms with E-state index in [1.807, 2.05) is 0 Å². The number of rotatable bonds is 2. The highest BCUT2D eigenvalue weighted by molar-refractivity contribution is 5.76. The number of carbonyl (C=O) groups excluding carboxylic acids is 1. The predicted molar refractivity (Wildman–Crippen MR) is 65.3 cm³/mol. The Labute approximate surface area is 115 Å². The molecule has 2 saturated heterocycles. The first-order chi connectivity index (χ1) is 9.41. The van der Waals surface area contributed by atoms with Crippen LogP contribution in [0.15, 0.2) is 12.0 Å². The molecule has 3 aliphatic heterocycles. The number of fused-ring (bicyclic) bond motifs is 1. The second-order valence-electron chi connectivity index (χ2n) is 5.34. The van der Waals surface area contributed by atoms with Gasteiger partial charge in [-0.05, 0) is 13.8 Å². The quantitative estimate of drug-likeness (QED) is 0.488. The normalized spacial score (nSPS) is 39.0. The molecular weight excluding hydrogens is 268 g/mol. The Bertz CT molecular complexity index is 454. The van der Waals surface area contributed by atoms with Gasteiger partial charge in [0.05, 0.1) is 12.8 Å². The highest BCUT2D eigenvalue weighted by atomic mass is 16.8. The van der Waals surface area contributed by atoms with Gasteiger partial charge in [0.25, 0.3) is 0 Å². The Balaban J connectivity index is 1.82. The summed E-state index contributed by atoms with van der Waals surface area (Å²) in [6.07, 6.45) is -0.758. The summed E-state index contributed by atoms with van der Waals surface area (Å²) in [6, 6.07) is -0.458. The van der Waals surface area contributed by atoms with Crippen LogP contribution in [0.4, 0.5) is 4.79 Å². The lowest BCUT2D eigenvalue weighted by Gasteiger charge is -2.34. The first-order valence-electron chi connectivity index (χ1n) is 6.35. The van der Waals surface area contributed by atoms with Crippen LogP contribution in [0.1, 0.15) is 13.8 Å². The van der Waals surface area contributed by atoms with E-state index >= 15 is 0 Å². The van der Waals surface area contributed by atoms with Crippen LogP contribution >= 0.6 is 0 Å². The topological polar surface area (TPSA) is 118 Å². The average Bonchev–Trinajstić information content (AvgIpc) is 2.83. The summed E-state index contributed by atoms with van der Waals surface area (Å²) >= 11 is 0. The molecule has 0 aromatic rings. The molecule has 0 aliphatic carbocycles. The predicted octanol–water partition coefficient (Wildman–Crippen LogP) is -1.49. The van der Waals surface area contributed by atoms with Crippen LogP contribution in [0.2, 0.25) is 0 Å². The van der Waals surface area contributed by atoms with Crippen LogP contribution in [-0.4, -0.2) is 53.1 Å². The van der Waals surface area contributed by atoms with Gasteiger partial charge in [0, 0.05) is 0 Å². The summed E-state index contributed by atoms with van der Waals surface area (Å²) in [5.74, 6) is -0.574. The monoisotopic (exact) mass is 286 g/mol. The highest BCUT2D eigenvalue weighted by Gasteiger charge is 2.57. The van der Waals surface area contributed by atoms with Crippen molar-refractivity contribution in [3.63, 3.8) is 0 Å². The first-order valence-corrected chi connectivity index (χ1v) is 6.35. The standard InChI is InChI=1S/C11H18N4O5/c1-11(2)19-7-5(4-16)18-9(8(7)20-11)15-10(17)14-6(12)3-13-15/h3,5,7-9,13,16H,4,12H2,1-2H3,(H,14,17)/t5-,7-,8-,9-/m0/s1. The summed E-state index contributed by atoms with van der Waals surface area (Å²) in [5, 5.41) is 13.1. The van der Waals surface area contributed by atoms with E-state index in [1.54, 1.807) is 13.8 Å². The average molecular weight is 286 g/mol. The molecule has 5 N–H and O–H groups in total. The lowest BCUT2D eigenvalue weighted by atomic mass is 10.1. The van der Waals surface area contributed by atoms with Crippen LogP contribution in [0, 0.1) is 0 Å². The van der Waals surface area contributed by atoms with Crippen molar-refractivity contribution in [2.45, 2.75) is 44.2 Å². The fourth-order valence-electron chi connectivity index (χ4n) is 2.62. The van der Waals surface area contributed by atoms with E-state index in [1.165, 1.54) is 11.2 Å². The highest BCUT2D eigenvalue weighted by Crippen LogP contribution is 2.39. The third-order valence-corrected chi connectivity index (χ3v) is 3.39. The zero-order valence-electron chi connectivity index (χ0n) is 11.2. The van der Waals surface area contributed by atoms with Crippen LogP contribution in [-0.2, 0) is 14.2 Å². The number of aliphatic hydroxyl groups is 1. The molecule has 0 saturated carbocycles.